The summed E-state index contributed by atoms with van der Waals surface area (Å²) in [5.41, 5.74) is 4.70. The van der Waals surface area contributed by atoms with Gasteiger partial charge in [-0.05, 0) is 36.6 Å². The zero-order valence-electron chi connectivity index (χ0n) is 14.9. The fourth-order valence-electron chi connectivity index (χ4n) is 4.15. The minimum absolute atomic E-state index is 0.0546. The maximum Gasteiger partial charge on any atom is 0.171 e. The van der Waals surface area contributed by atoms with E-state index in [0.29, 0.717) is 5.78 Å². The highest BCUT2D eigenvalue weighted by molar-refractivity contribution is 6.02. The molecule has 0 radical (unpaired) electrons. The highest BCUT2D eigenvalue weighted by atomic mass is 16.1. The van der Waals surface area contributed by atoms with Crippen molar-refractivity contribution in [3.63, 3.8) is 0 Å². The Kier molecular flexibility index (Phi) is 4.69. The van der Waals surface area contributed by atoms with Crippen molar-refractivity contribution in [2.45, 2.75) is 18.8 Å². The van der Waals surface area contributed by atoms with E-state index in [2.05, 4.69) is 53.2 Å². The molecule has 0 spiro atoms. The molecule has 0 saturated carbocycles. The second kappa shape index (κ2) is 7.11. The summed E-state index contributed by atoms with van der Waals surface area (Å²) >= 11 is 0. The van der Waals surface area contributed by atoms with Gasteiger partial charge in [0.15, 0.2) is 5.78 Å². The Morgan fingerprint density at radius 3 is 2.32 bits per heavy atom. The molecule has 130 valence electrons. The Morgan fingerprint density at radius 1 is 0.880 bits per heavy atom. The van der Waals surface area contributed by atoms with Crippen molar-refractivity contribution in [1.29, 1.82) is 0 Å². The largest absolute Gasteiger partial charge is 0.304 e. The molecule has 1 aliphatic carbocycles. The van der Waals surface area contributed by atoms with Crippen LogP contribution in [0.1, 0.15) is 33.0 Å². The van der Waals surface area contributed by atoms with Gasteiger partial charge in [-0.15, -0.1) is 0 Å². The van der Waals surface area contributed by atoms with E-state index in [0.717, 1.165) is 51.1 Å². The molecular weight excluding hydrogens is 308 g/mol. The monoisotopic (exact) mass is 334 g/mol. The number of nitrogens with zero attached hydrogens (tertiary/aromatic N) is 2. The van der Waals surface area contributed by atoms with Crippen molar-refractivity contribution < 1.29 is 4.79 Å². The third-order valence-electron chi connectivity index (χ3n) is 5.73. The van der Waals surface area contributed by atoms with E-state index in [1.807, 2.05) is 12.1 Å². The first-order valence-corrected chi connectivity index (χ1v) is 9.33. The number of fused-ring (bicyclic) bond motifs is 2. The molecule has 1 saturated heterocycles. The van der Waals surface area contributed by atoms with Gasteiger partial charge in [0.2, 0.25) is 0 Å². The maximum atomic E-state index is 13.5. The smallest absolute Gasteiger partial charge is 0.171 e. The van der Waals surface area contributed by atoms with Gasteiger partial charge < -0.3 is 4.90 Å². The van der Waals surface area contributed by atoms with Gasteiger partial charge in [-0.25, -0.2) is 0 Å². The van der Waals surface area contributed by atoms with Crippen molar-refractivity contribution in [2.75, 3.05) is 39.8 Å². The molecule has 0 amide bonds. The highest BCUT2D eigenvalue weighted by Gasteiger charge is 2.30. The number of benzene rings is 2. The molecule has 0 N–H and O–H groups in total. The van der Waals surface area contributed by atoms with Crippen molar-refractivity contribution >= 4 is 5.78 Å². The van der Waals surface area contributed by atoms with Crippen molar-refractivity contribution in [1.82, 2.24) is 9.80 Å². The van der Waals surface area contributed by atoms with Gasteiger partial charge in [0, 0.05) is 38.3 Å². The van der Waals surface area contributed by atoms with E-state index < -0.39 is 0 Å². The number of hydrogen-bond donors (Lipinski definition) is 0. The average molecular weight is 334 g/mol. The predicted molar refractivity (Wildman–Crippen MR) is 101 cm³/mol. The summed E-state index contributed by atoms with van der Waals surface area (Å²) in [6.07, 6.45) is 1.96. The van der Waals surface area contributed by atoms with E-state index in [-0.39, 0.29) is 5.92 Å². The second-order valence-corrected chi connectivity index (χ2v) is 7.38. The highest BCUT2D eigenvalue weighted by Crippen LogP contribution is 2.31. The van der Waals surface area contributed by atoms with Gasteiger partial charge in [-0.3, -0.25) is 9.69 Å². The normalized spacial score (nSPS) is 22.0. The fraction of sp³-hybridized carbons (Fsp3) is 0.409. The Balaban J connectivity index is 1.69. The third-order valence-corrected chi connectivity index (χ3v) is 5.73. The molecule has 0 bridgehead atoms. The molecule has 2 aromatic carbocycles. The quantitative estimate of drug-likeness (QED) is 0.843. The van der Waals surface area contributed by atoms with Gasteiger partial charge >= 0.3 is 0 Å². The van der Waals surface area contributed by atoms with Crippen molar-refractivity contribution in [2.24, 2.45) is 0 Å². The molecule has 25 heavy (non-hydrogen) atoms. The summed E-state index contributed by atoms with van der Waals surface area (Å²) in [6, 6.07) is 16.7. The Hall–Kier alpha value is -1.97. The number of likely N-dealkylation sites (N-methyl/N-ethyl adjacent to an activating group) is 1. The lowest BCUT2D eigenvalue weighted by molar-refractivity contribution is 0.0901. The van der Waals surface area contributed by atoms with E-state index in [4.69, 9.17) is 0 Å². The first-order valence-electron chi connectivity index (χ1n) is 9.33. The number of piperazine rings is 1. The molecule has 1 unspecified atom stereocenters. The molecule has 1 aliphatic heterocycles. The summed E-state index contributed by atoms with van der Waals surface area (Å²) in [5, 5.41) is 0. The van der Waals surface area contributed by atoms with Crippen LogP contribution in [-0.4, -0.2) is 55.4 Å². The van der Waals surface area contributed by atoms with E-state index in [1.165, 1.54) is 16.7 Å². The number of rotatable bonds is 2. The summed E-state index contributed by atoms with van der Waals surface area (Å²) in [6.45, 7) is 5.09. The molecular formula is C22H26N2O. The number of hydrogen-bond acceptors (Lipinski definition) is 3. The summed E-state index contributed by atoms with van der Waals surface area (Å²) in [7, 11) is 2.17. The van der Waals surface area contributed by atoms with Crippen LogP contribution in [0.4, 0.5) is 0 Å². The summed E-state index contributed by atoms with van der Waals surface area (Å²) < 4.78 is 0. The molecule has 0 aromatic heterocycles. The molecule has 3 heteroatoms. The SMILES string of the molecule is CN1CCN(CC2C(=O)c3ccccc3CCc3ccccc32)CC1. The van der Waals surface area contributed by atoms with Crippen LogP contribution in [0, 0.1) is 0 Å². The Bertz CT molecular complexity index is 762. The molecule has 2 aliphatic rings. The van der Waals surface area contributed by atoms with Crippen LogP contribution in [0.25, 0.3) is 0 Å². The summed E-state index contributed by atoms with van der Waals surface area (Å²) in [4.78, 5) is 18.3. The van der Waals surface area contributed by atoms with Crippen LogP contribution in [-0.2, 0) is 12.8 Å². The molecule has 1 atom stereocenters. The van der Waals surface area contributed by atoms with Crippen LogP contribution in [0.5, 0.6) is 0 Å². The molecule has 1 fully saturated rings. The predicted octanol–water partition coefficient (Wildman–Crippen LogP) is 3.00. The van der Waals surface area contributed by atoms with Gasteiger partial charge in [0.05, 0.1) is 5.92 Å². The molecule has 4 rings (SSSR count). The number of ketones is 1. The van der Waals surface area contributed by atoms with Crippen LogP contribution in [0.3, 0.4) is 0 Å². The van der Waals surface area contributed by atoms with Crippen molar-refractivity contribution in [3.8, 4) is 0 Å². The van der Waals surface area contributed by atoms with E-state index >= 15 is 0 Å². The fourth-order valence-corrected chi connectivity index (χ4v) is 4.15. The number of aryl methyl sites for hydroxylation is 2. The number of carbonyl (C=O) groups is 1. The van der Waals surface area contributed by atoms with Gasteiger partial charge in [0.1, 0.15) is 0 Å². The van der Waals surface area contributed by atoms with Gasteiger partial charge in [-0.1, -0.05) is 48.5 Å². The molecule has 1 heterocycles. The Morgan fingerprint density at radius 2 is 1.52 bits per heavy atom. The number of Topliss-reactive ketones (excluding diaryl/α,β-unsaturated/α-hetero) is 1. The van der Waals surface area contributed by atoms with E-state index in [9.17, 15) is 4.79 Å². The minimum Gasteiger partial charge on any atom is -0.304 e. The lowest BCUT2D eigenvalue weighted by Crippen LogP contribution is -2.46. The summed E-state index contributed by atoms with van der Waals surface area (Å²) in [5.74, 6) is 0.239. The first kappa shape index (κ1) is 16.5. The minimum atomic E-state index is -0.0546. The Labute approximate surface area is 150 Å². The topological polar surface area (TPSA) is 23.6 Å². The average Bonchev–Trinajstić information content (AvgIpc) is 2.65. The van der Waals surface area contributed by atoms with Gasteiger partial charge in [-0.2, -0.15) is 0 Å². The zero-order chi connectivity index (χ0) is 17.2. The maximum absolute atomic E-state index is 13.5. The van der Waals surface area contributed by atoms with Gasteiger partial charge in [0.25, 0.3) is 0 Å². The third kappa shape index (κ3) is 3.39. The second-order valence-electron chi connectivity index (χ2n) is 7.38. The standard InChI is InChI=1S/C22H26N2O/c1-23-12-14-24(15-13-23)16-21-19-8-4-2-6-17(19)10-11-18-7-3-5-9-20(18)22(21)25/h2-9,21H,10-16H2,1H3. The lowest BCUT2D eigenvalue weighted by Gasteiger charge is -2.35. The van der Waals surface area contributed by atoms with Crippen LogP contribution < -0.4 is 0 Å². The zero-order valence-corrected chi connectivity index (χ0v) is 14.9. The molecule has 2 aromatic rings. The first-order chi connectivity index (χ1) is 12.2. The molecule has 3 nitrogen and oxygen atoms in total. The van der Waals surface area contributed by atoms with Crippen LogP contribution in [0.2, 0.25) is 0 Å². The van der Waals surface area contributed by atoms with Crippen molar-refractivity contribution in [3.05, 3.63) is 70.8 Å². The number of carbonyl (C=O) groups excluding carboxylic acids is 1. The van der Waals surface area contributed by atoms with E-state index in [1.54, 1.807) is 0 Å². The lowest BCUT2D eigenvalue weighted by atomic mass is 9.81. The van der Waals surface area contributed by atoms with Crippen LogP contribution in [0.15, 0.2) is 48.5 Å². The van der Waals surface area contributed by atoms with Crippen LogP contribution >= 0.6 is 0 Å².